The Balaban J connectivity index is 3.12. The molecule has 0 amide bonds. The first-order chi connectivity index (χ1) is 7.15. The maximum absolute atomic E-state index is 11.9. The monoisotopic (exact) mass is 325 g/mol. The molecule has 0 saturated heterocycles. The van der Waals surface area contributed by atoms with Crippen molar-refractivity contribution in [2.45, 2.75) is 25.5 Å². The van der Waals surface area contributed by atoms with Crippen LogP contribution in [0.1, 0.15) is 20.8 Å². The van der Waals surface area contributed by atoms with E-state index in [4.69, 9.17) is 11.6 Å². The third kappa shape index (κ3) is 2.90. The fourth-order valence-corrected chi connectivity index (χ4v) is 2.32. The van der Waals surface area contributed by atoms with E-state index in [0.717, 1.165) is 0 Å². The van der Waals surface area contributed by atoms with Crippen LogP contribution in [0.2, 0.25) is 5.02 Å². The van der Waals surface area contributed by atoms with E-state index in [9.17, 15) is 8.42 Å². The molecule has 0 bridgehead atoms. The molecule has 0 atom stereocenters. The van der Waals surface area contributed by atoms with Crippen molar-refractivity contribution in [1.29, 1.82) is 0 Å². The molecule has 1 aromatic carbocycles. The van der Waals surface area contributed by atoms with Crippen LogP contribution in [0.25, 0.3) is 0 Å². The van der Waals surface area contributed by atoms with Gasteiger partial charge < -0.3 is 0 Å². The predicted octanol–water partition coefficient (Wildman–Crippen LogP) is 3.64. The van der Waals surface area contributed by atoms with Gasteiger partial charge in [-0.2, -0.15) is 0 Å². The average molecular weight is 327 g/mol. The van der Waals surface area contributed by atoms with Gasteiger partial charge in [-0.05, 0) is 48.8 Å². The van der Waals surface area contributed by atoms with Gasteiger partial charge in [-0.25, -0.2) is 8.42 Å². The second-order valence-corrected chi connectivity index (χ2v) is 7.96. The molecule has 0 aliphatic carbocycles. The number of sulfonamides is 1. The Labute approximate surface area is 109 Å². The third-order valence-electron chi connectivity index (χ3n) is 2.00. The van der Waals surface area contributed by atoms with Crippen LogP contribution in [-0.4, -0.2) is 13.2 Å². The maximum atomic E-state index is 11.9. The largest absolute Gasteiger partial charge is 0.282 e. The molecule has 6 heteroatoms. The Hall–Kier alpha value is -0.260. The Morgan fingerprint density at radius 2 is 1.88 bits per heavy atom. The van der Waals surface area contributed by atoms with Crippen molar-refractivity contribution in [3.05, 3.63) is 27.7 Å². The molecule has 0 heterocycles. The third-order valence-corrected chi connectivity index (χ3v) is 5.50. The van der Waals surface area contributed by atoms with Crippen LogP contribution in [0.5, 0.6) is 0 Å². The van der Waals surface area contributed by atoms with Gasteiger partial charge in [0.1, 0.15) is 0 Å². The van der Waals surface area contributed by atoms with E-state index in [1.165, 1.54) is 0 Å². The lowest BCUT2D eigenvalue weighted by Gasteiger charge is -2.21. The number of halogens is 2. The van der Waals surface area contributed by atoms with Crippen molar-refractivity contribution < 1.29 is 8.42 Å². The Bertz CT molecular complexity index is 494. The molecule has 0 spiro atoms. The molecule has 90 valence electrons. The molecule has 0 fully saturated rings. The van der Waals surface area contributed by atoms with E-state index in [1.807, 2.05) is 0 Å². The zero-order chi connectivity index (χ0) is 12.6. The van der Waals surface area contributed by atoms with Crippen molar-refractivity contribution in [3.63, 3.8) is 0 Å². The van der Waals surface area contributed by atoms with E-state index in [2.05, 4.69) is 20.7 Å². The first-order valence-corrected chi connectivity index (χ1v) is 7.27. The summed E-state index contributed by atoms with van der Waals surface area (Å²) < 4.78 is 26.0. The van der Waals surface area contributed by atoms with Crippen molar-refractivity contribution in [3.8, 4) is 0 Å². The molecule has 0 aliphatic heterocycles. The minimum atomic E-state index is -3.43. The average Bonchev–Trinajstić information content (AvgIpc) is 2.11. The second-order valence-electron chi connectivity index (χ2n) is 4.32. The molecule has 0 aromatic heterocycles. The molecule has 1 N–H and O–H groups in total. The number of nitrogens with one attached hydrogen (secondary N) is 1. The van der Waals surface area contributed by atoms with Crippen molar-refractivity contribution >= 4 is 43.2 Å². The van der Waals surface area contributed by atoms with Gasteiger partial charge in [0.2, 0.25) is 10.0 Å². The summed E-state index contributed by atoms with van der Waals surface area (Å²) in [6.45, 7) is 4.90. The number of hydrogen-bond donors (Lipinski definition) is 1. The zero-order valence-electron chi connectivity index (χ0n) is 9.21. The van der Waals surface area contributed by atoms with Crippen LogP contribution < -0.4 is 4.72 Å². The van der Waals surface area contributed by atoms with Crippen LogP contribution in [0.4, 0.5) is 5.69 Å². The molecular weight excluding hydrogens is 314 g/mol. The van der Waals surface area contributed by atoms with E-state index in [0.29, 0.717) is 15.2 Å². The van der Waals surface area contributed by atoms with Gasteiger partial charge in [-0.1, -0.05) is 17.7 Å². The van der Waals surface area contributed by atoms with Gasteiger partial charge in [0.05, 0.1) is 19.9 Å². The van der Waals surface area contributed by atoms with Crippen LogP contribution in [0, 0.1) is 0 Å². The Kier molecular flexibility index (Phi) is 3.92. The van der Waals surface area contributed by atoms with E-state index in [1.54, 1.807) is 39.0 Å². The quantitative estimate of drug-likeness (QED) is 0.902. The number of hydrogen-bond acceptors (Lipinski definition) is 2. The van der Waals surface area contributed by atoms with E-state index in [-0.39, 0.29) is 0 Å². The molecule has 0 aliphatic rings. The number of anilines is 1. The molecule has 0 radical (unpaired) electrons. The van der Waals surface area contributed by atoms with Crippen molar-refractivity contribution in [1.82, 2.24) is 0 Å². The highest BCUT2D eigenvalue weighted by Crippen LogP contribution is 2.32. The van der Waals surface area contributed by atoms with Crippen molar-refractivity contribution in [2.24, 2.45) is 0 Å². The molecule has 1 aromatic rings. The molecule has 0 unspecified atom stereocenters. The summed E-state index contributed by atoms with van der Waals surface area (Å²) in [5.41, 5.74) is 0.447. The second kappa shape index (κ2) is 4.55. The standard InChI is InChI=1S/C10H13BrClNO2S/c1-10(2,3)16(14,15)13-8-6-4-5-7(12)9(8)11/h4-6,13H,1-3H3. The summed E-state index contributed by atoms with van der Waals surface area (Å²) in [5.74, 6) is 0. The smallest absolute Gasteiger partial charge is 0.237 e. The highest BCUT2D eigenvalue weighted by atomic mass is 79.9. The first kappa shape index (κ1) is 13.8. The predicted molar refractivity (Wildman–Crippen MR) is 71.4 cm³/mol. The molecule has 16 heavy (non-hydrogen) atoms. The van der Waals surface area contributed by atoms with Crippen molar-refractivity contribution in [2.75, 3.05) is 4.72 Å². The highest BCUT2D eigenvalue weighted by Gasteiger charge is 2.29. The lowest BCUT2D eigenvalue weighted by Crippen LogP contribution is -2.33. The molecule has 3 nitrogen and oxygen atoms in total. The summed E-state index contributed by atoms with van der Waals surface area (Å²) in [6.07, 6.45) is 0. The first-order valence-electron chi connectivity index (χ1n) is 4.61. The fraction of sp³-hybridized carbons (Fsp3) is 0.400. The molecular formula is C10H13BrClNO2S. The molecule has 1 rings (SSSR count). The Morgan fingerprint density at radius 1 is 1.31 bits per heavy atom. The summed E-state index contributed by atoms with van der Waals surface area (Å²) in [7, 11) is -3.43. The summed E-state index contributed by atoms with van der Waals surface area (Å²) in [6, 6.07) is 5.02. The summed E-state index contributed by atoms with van der Waals surface area (Å²) in [5, 5.41) is 0.467. The van der Waals surface area contributed by atoms with Gasteiger partial charge in [0, 0.05) is 0 Å². The summed E-state index contributed by atoms with van der Waals surface area (Å²) >= 11 is 9.12. The number of benzene rings is 1. The van der Waals surface area contributed by atoms with Gasteiger partial charge in [0.25, 0.3) is 0 Å². The van der Waals surface area contributed by atoms with Gasteiger partial charge in [-0.15, -0.1) is 0 Å². The Morgan fingerprint density at radius 3 is 2.38 bits per heavy atom. The lowest BCUT2D eigenvalue weighted by molar-refractivity contribution is 0.566. The minimum Gasteiger partial charge on any atom is -0.282 e. The topological polar surface area (TPSA) is 46.2 Å². The van der Waals surface area contributed by atoms with Gasteiger partial charge in [-0.3, -0.25) is 4.72 Å². The van der Waals surface area contributed by atoms with Crippen LogP contribution in [0.3, 0.4) is 0 Å². The molecule has 0 saturated carbocycles. The van der Waals surface area contributed by atoms with Crippen LogP contribution in [0.15, 0.2) is 22.7 Å². The number of rotatable bonds is 2. The zero-order valence-corrected chi connectivity index (χ0v) is 12.4. The summed E-state index contributed by atoms with van der Waals surface area (Å²) in [4.78, 5) is 0. The normalized spacial score (nSPS) is 12.6. The van der Waals surface area contributed by atoms with Gasteiger partial charge >= 0.3 is 0 Å². The van der Waals surface area contributed by atoms with Crippen LogP contribution in [-0.2, 0) is 10.0 Å². The fourth-order valence-electron chi connectivity index (χ4n) is 0.880. The highest BCUT2D eigenvalue weighted by molar-refractivity contribution is 9.10. The SMILES string of the molecule is CC(C)(C)S(=O)(=O)Nc1cccc(Cl)c1Br. The lowest BCUT2D eigenvalue weighted by atomic mass is 10.3. The van der Waals surface area contributed by atoms with Gasteiger partial charge in [0.15, 0.2) is 0 Å². The maximum Gasteiger partial charge on any atom is 0.237 e. The van der Waals surface area contributed by atoms with Crippen LogP contribution >= 0.6 is 27.5 Å². The van der Waals surface area contributed by atoms with E-state index < -0.39 is 14.8 Å². The van der Waals surface area contributed by atoms with E-state index >= 15 is 0 Å². The minimum absolute atomic E-state index is 0.447.